The number of ether oxygens (including phenoxy) is 2. The smallest absolute Gasteiger partial charge is 0.338 e. The van der Waals surface area contributed by atoms with Crippen molar-refractivity contribution in [1.29, 1.82) is 0 Å². The third-order valence-electron chi connectivity index (χ3n) is 2.68. The summed E-state index contributed by atoms with van der Waals surface area (Å²) in [7, 11) is 1.41. The predicted molar refractivity (Wildman–Crippen MR) is 71.9 cm³/mol. The van der Waals surface area contributed by atoms with Gasteiger partial charge in [-0.25, -0.2) is 13.2 Å². The second kappa shape index (κ2) is 5.40. The van der Waals surface area contributed by atoms with Crippen LogP contribution in [0.3, 0.4) is 0 Å². The third-order valence-corrected chi connectivity index (χ3v) is 4.95. The maximum atomic E-state index is 11.9. The van der Waals surface area contributed by atoms with Crippen LogP contribution in [0, 0.1) is 6.92 Å². The Kier molecular flexibility index (Phi) is 4.20. The average Bonchev–Trinajstić information content (AvgIpc) is 2.25. The zero-order valence-electron chi connectivity index (χ0n) is 9.85. The zero-order chi connectivity index (χ0) is 14.2. The largest absolute Gasteiger partial charge is 0.454 e. The van der Waals surface area contributed by atoms with Crippen LogP contribution in [-0.2, 0) is 18.5 Å². The summed E-state index contributed by atoms with van der Waals surface area (Å²) < 4.78 is 33.4. The fourth-order valence-electron chi connectivity index (χ4n) is 1.53. The lowest BCUT2D eigenvalue weighted by Gasteiger charge is -2.25. The topological polar surface area (TPSA) is 69.7 Å². The van der Waals surface area contributed by atoms with Crippen LogP contribution in [-0.4, -0.2) is 33.7 Å². The SMILES string of the molecule is Cc1c(Br)cc(C(=O)OC2COC2)cc1S(=O)(=O)Cl. The lowest BCUT2D eigenvalue weighted by atomic mass is 10.1. The molecule has 8 heteroatoms. The maximum Gasteiger partial charge on any atom is 0.338 e. The molecular formula is C11H10BrClO5S. The molecule has 0 N–H and O–H groups in total. The molecule has 1 aromatic rings. The van der Waals surface area contributed by atoms with Crippen molar-refractivity contribution in [2.75, 3.05) is 13.2 Å². The van der Waals surface area contributed by atoms with E-state index in [0.717, 1.165) is 0 Å². The van der Waals surface area contributed by atoms with Gasteiger partial charge < -0.3 is 9.47 Å². The number of rotatable bonds is 3. The third kappa shape index (κ3) is 3.28. The first-order chi connectivity index (χ1) is 8.79. The minimum Gasteiger partial charge on any atom is -0.454 e. The second-order valence-corrected chi connectivity index (χ2v) is 7.47. The van der Waals surface area contributed by atoms with E-state index in [1.807, 2.05) is 0 Å². The minimum atomic E-state index is -3.92. The van der Waals surface area contributed by atoms with E-state index >= 15 is 0 Å². The average molecular weight is 370 g/mol. The van der Waals surface area contributed by atoms with Crippen LogP contribution in [0.4, 0.5) is 0 Å². The van der Waals surface area contributed by atoms with Crippen molar-refractivity contribution in [1.82, 2.24) is 0 Å². The van der Waals surface area contributed by atoms with Gasteiger partial charge in [-0.1, -0.05) is 15.9 Å². The standard InChI is InChI=1S/C11H10BrClO5S/c1-6-9(12)2-7(3-10(6)19(13,15)16)11(14)18-8-4-17-5-8/h2-3,8H,4-5H2,1H3. The fraction of sp³-hybridized carbons (Fsp3) is 0.364. The van der Waals surface area contributed by atoms with Crippen molar-refractivity contribution in [3.8, 4) is 0 Å². The lowest BCUT2D eigenvalue weighted by molar-refractivity contribution is -0.103. The molecule has 104 valence electrons. The number of hydrogen-bond acceptors (Lipinski definition) is 5. The van der Waals surface area contributed by atoms with Crippen molar-refractivity contribution in [2.45, 2.75) is 17.9 Å². The summed E-state index contributed by atoms with van der Waals surface area (Å²) >= 11 is 3.20. The van der Waals surface area contributed by atoms with Gasteiger partial charge in [-0.3, -0.25) is 0 Å². The number of esters is 1. The van der Waals surface area contributed by atoms with Gasteiger partial charge in [0.1, 0.15) is 6.10 Å². The van der Waals surface area contributed by atoms with Gasteiger partial charge in [-0.05, 0) is 24.6 Å². The molecule has 0 radical (unpaired) electrons. The molecule has 0 bridgehead atoms. The van der Waals surface area contributed by atoms with Gasteiger partial charge in [0, 0.05) is 15.2 Å². The highest BCUT2D eigenvalue weighted by atomic mass is 79.9. The number of benzene rings is 1. The fourth-order valence-corrected chi connectivity index (χ4v) is 3.34. The van der Waals surface area contributed by atoms with Gasteiger partial charge in [-0.15, -0.1) is 0 Å². The lowest BCUT2D eigenvalue weighted by Crippen LogP contribution is -2.37. The Morgan fingerprint density at radius 2 is 2.11 bits per heavy atom. The van der Waals surface area contributed by atoms with Gasteiger partial charge in [0.2, 0.25) is 0 Å². The summed E-state index contributed by atoms with van der Waals surface area (Å²) in [5.74, 6) is -0.601. The van der Waals surface area contributed by atoms with Gasteiger partial charge in [0.05, 0.1) is 23.7 Å². The van der Waals surface area contributed by atoms with Crippen LogP contribution in [0.2, 0.25) is 0 Å². The van der Waals surface area contributed by atoms with Crippen LogP contribution >= 0.6 is 26.6 Å². The highest BCUT2D eigenvalue weighted by Crippen LogP contribution is 2.28. The van der Waals surface area contributed by atoms with E-state index in [2.05, 4.69) is 15.9 Å². The molecule has 1 saturated heterocycles. The predicted octanol–water partition coefficient (Wildman–Crippen LogP) is 2.24. The highest BCUT2D eigenvalue weighted by Gasteiger charge is 2.25. The van der Waals surface area contributed by atoms with Crippen molar-refractivity contribution in [3.63, 3.8) is 0 Å². The summed E-state index contributed by atoms with van der Waals surface area (Å²) in [6.45, 7) is 2.31. The van der Waals surface area contributed by atoms with Crippen LogP contribution in [0.1, 0.15) is 15.9 Å². The Morgan fingerprint density at radius 1 is 1.47 bits per heavy atom. The second-order valence-electron chi connectivity index (χ2n) is 4.08. The molecule has 0 aromatic heterocycles. The molecule has 0 atom stereocenters. The van der Waals surface area contributed by atoms with Crippen molar-refractivity contribution in [3.05, 3.63) is 27.7 Å². The zero-order valence-corrected chi connectivity index (χ0v) is 13.0. The summed E-state index contributed by atoms with van der Waals surface area (Å²) in [5.41, 5.74) is 0.571. The molecule has 1 aromatic carbocycles. The minimum absolute atomic E-state index is 0.111. The van der Waals surface area contributed by atoms with Crippen molar-refractivity contribution < 1.29 is 22.7 Å². The first-order valence-electron chi connectivity index (χ1n) is 5.32. The van der Waals surface area contributed by atoms with Gasteiger partial charge in [0.25, 0.3) is 9.05 Å². The van der Waals surface area contributed by atoms with E-state index in [4.69, 9.17) is 20.2 Å². The molecule has 19 heavy (non-hydrogen) atoms. The first-order valence-corrected chi connectivity index (χ1v) is 8.43. The molecule has 2 rings (SSSR count). The first kappa shape index (κ1) is 14.8. The van der Waals surface area contributed by atoms with Gasteiger partial charge >= 0.3 is 5.97 Å². The molecule has 0 amide bonds. The summed E-state index contributed by atoms with van der Waals surface area (Å²) in [6.07, 6.45) is -0.274. The summed E-state index contributed by atoms with van der Waals surface area (Å²) in [5, 5.41) is 0. The Bertz CT molecular complexity index is 624. The summed E-state index contributed by atoms with van der Waals surface area (Å²) in [4.78, 5) is 11.7. The summed E-state index contributed by atoms with van der Waals surface area (Å²) in [6, 6.07) is 2.72. The van der Waals surface area contributed by atoms with Crippen molar-refractivity contribution in [2.24, 2.45) is 0 Å². The Hall–Kier alpha value is -0.630. The van der Waals surface area contributed by atoms with E-state index in [9.17, 15) is 13.2 Å². The number of halogens is 2. The molecule has 0 spiro atoms. The van der Waals surface area contributed by atoms with E-state index in [1.165, 1.54) is 12.1 Å². The molecule has 0 aliphatic carbocycles. The molecule has 0 unspecified atom stereocenters. The number of hydrogen-bond donors (Lipinski definition) is 0. The van der Waals surface area contributed by atoms with Crippen LogP contribution in [0.25, 0.3) is 0 Å². The molecular weight excluding hydrogens is 360 g/mol. The number of carbonyl (C=O) groups excluding carboxylic acids is 1. The molecule has 1 fully saturated rings. The van der Waals surface area contributed by atoms with E-state index in [-0.39, 0.29) is 16.6 Å². The monoisotopic (exact) mass is 368 g/mol. The molecule has 1 heterocycles. The normalized spacial score (nSPS) is 15.9. The number of carbonyl (C=O) groups is 1. The Labute approximate surface area is 123 Å². The van der Waals surface area contributed by atoms with Crippen LogP contribution < -0.4 is 0 Å². The van der Waals surface area contributed by atoms with Crippen molar-refractivity contribution >= 4 is 41.6 Å². The molecule has 1 aliphatic heterocycles. The van der Waals surface area contributed by atoms with E-state index in [1.54, 1.807) is 6.92 Å². The van der Waals surface area contributed by atoms with E-state index < -0.39 is 15.0 Å². The Balaban J connectivity index is 2.36. The maximum absolute atomic E-state index is 11.9. The Morgan fingerprint density at radius 3 is 2.58 bits per heavy atom. The van der Waals surface area contributed by atoms with E-state index in [0.29, 0.717) is 23.2 Å². The molecule has 1 aliphatic rings. The highest BCUT2D eigenvalue weighted by molar-refractivity contribution is 9.10. The quantitative estimate of drug-likeness (QED) is 0.604. The molecule has 5 nitrogen and oxygen atoms in total. The van der Waals surface area contributed by atoms with Crippen LogP contribution in [0.5, 0.6) is 0 Å². The van der Waals surface area contributed by atoms with Gasteiger partial charge in [-0.2, -0.15) is 0 Å². The molecule has 0 saturated carbocycles. The van der Waals surface area contributed by atoms with Gasteiger partial charge in [0.15, 0.2) is 0 Å². The van der Waals surface area contributed by atoms with Crippen LogP contribution in [0.15, 0.2) is 21.5 Å².